The van der Waals surface area contributed by atoms with Gasteiger partial charge in [0.2, 0.25) is 23.6 Å². The maximum atomic E-state index is 13.5. The number of amides is 6. The first-order valence-electron chi connectivity index (χ1n) is 24.5. The Kier molecular flexibility index (Phi) is 12.1. The molecule has 2 aromatic heterocycles. The van der Waals surface area contributed by atoms with E-state index in [9.17, 15) is 28.8 Å². The van der Waals surface area contributed by atoms with Crippen molar-refractivity contribution in [3.8, 4) is 0 Å². The van der Waals surface area contributed by atoms with E-state index >= 15 is 0 Å². The summed E-state index contributed by atoms with van der Waals surface area (Å²) >= 11 is 0. The SMILES string of the molecule is O=C1CC[C@H](N2C(=O)C=C(Nc3cccc(CC(=O)N4CCC5(CC4)CC(N4CCN(c6ccc(Nc7ncnc8c7ncn8C7CC(NC(=O)Cc8ccccc8)C7)cc6)CC4)C5)c3)C2=O)C(=O)N1. The molecule has 4 N–H and O–H groups in total. The molecule has 4 aliphatic heterocycles. The fourth-order valence-electron chi connectivity index (χ4n) is 11.3. The molecule has 18 nitrogen and oxygen atoms in total. The van der Waals surface area contributed by atoms with Crippen LogP contribution in [0.15, 0.2) is 103 Å². The predicted molar refractivity (Wildman–Crippen MR) is 260 cm³/mol. The largest absolute Gasteiger partial charge is 0.369 e. The summed E-state index contributed by atoms with van der Waals surface area (Å²) in [5.74, 6) is -1.55. The van der Waals surface area contributed by atoms with Crippen molar-refractivity contribution in [2.75, 3.05) is 54.8 Å². The monoisotopic (exact) mass is 944 g/mol. The summed E-state index contributed by atoms with van der Waals surface area (Å²) in [5.41, 5.74) is 6.30. The van der Waals surface area contributed by atoms with E-state index in [2.05, 4.69) is 69.9 Å². The summed E-state index contributed by atoms with van der Waals surface area (Å²) in [4.78, 5) is 97.7. The summed E-state index contributed by atoms with van der Waals surface area (Å²) in [6.07, 6.45) is 11.3. The molecule has 0 radical (unpaired) electrons. The molecule has 3 saturated heterocycles. The van der Waals surface area contributed by atoms with E-state index in [0.29, 0.717) is 34.9 Å². The molecule has 11 rings (SSSR count). The lowest BCUT2D eigenvalue weighted by molar-refractivity contribution is -0.149. The Morgan fingerprint density at radius 3 is 2.27 bits per heavy atom. The summed E-state index contributed by atoms with van der Waals surface area (Å²) in [6, 6.07) is 25.4. The number of nitrogens with one attached hydrogen (secondary N) is 4. The number of anilines is 4. The number of benzene rings is 3. The summed E-state index contributed by atoms with van der Waals surface area (Å²) < 4.78 is 2.10. The first-order chi connectivity index (χ1) is 34.0. The van der Waals surface area contributed by atoms with Crippen LogP contribution in [-0.2, 0) is 41.6 Å². The minimum Gasteiger partial charge on any atom is -0.369 e. The van der Waals surface area contributed by atoms with E-state index in [1.54, 1.807) is 24.5 Å². The number of hydrogen-bond acceptors (Lipinski definition) is 13. The van der Waals surface area contributed by atoms with E-state index in [4.69, 9.17) is 4.98 Å². The number of piperazine rings is 1. The molecule has 6 heterocycles. The molecule has 6 amide bonds. The van der Waals surface area contributed by atoms with Crippen LogP contribution >= 0.6 is 0 Å². The average Bonchev–Trinajstić information content (AvgIpc) is 3.89. The molecular weight excluding hydrogens is 889 g/mol. The van der Waals surface area contributed by atoms with Gasteiger partial charge in [0.25, 0.3) is 11.8 Å². The third kappa shape index (κ3) is 9.22. The van der Waals surface area contributed by atoms with Gasteiger partial charge < -0.3 is 30.3 Å². The Morgan fingerprint density at radius 2 is 1.51 bits per heavy atom. The zero-order chi connectivity index (χ0) is 47.9. The number of aromatic nitrogens is 4. The van der Waals surface area contributed by atoms with Crippen molar-refractivity contribution in [1.82, 2.24) is 44.9 Å². The van der Waals surface area contributed by atoms with Gasteiger partial charge in [0, 0.05) is 87.0 Å². The number of piperidine rings is 2. The van der Waals surface area contributed by atoms with E-state index in [-0.39, 0.29) is 48.9 Å². The first kappa shape index (κ1) is 45.0. The molecule has 1 spiro atoms. The van der Waals surface area contributed by atoms with E-state index in [1.807, 2.05) is 47.6 Å². The smallest absolute Gasteiger partial charge is 0.278 e. The maximum Gasteiger partial charge on any atom is 0.278 e. The number of likely N-dealkylation sites (tertiary alicyclic amines) is 1. The van der Waals surface area contributed by atoms with Crippen LogP contribution in [0.3, 0.4) is 0 Å². The fraction of sp³-hybridized carbons (Fsp3) is 0.404. The van der Waals surface area contributed by atoms with Crippen LogP contribution in [0, 0.1) is 5.41 Å². The van der Waals surface area contributed by atoms with Gasteiger partial charge >= 0.3 is 0 Å². The van der Waals surface area contributed by atoms with Gasteiger partial charge in [-0.1, -0.05) is 42.5 Å². The zero-order valence-electron chi connectivity index (χ0n) is 38.9. The molecule has 3 aromatic carbocycles. The third-order valence-electron chi connectivity index (χ3n) is 15.3. The van der Waals surface area contributed by atoms with Gasteiger partial charge in [-0.2, -0.15) is 0 Å². The second kappa shape index (κ2) is 18.8. The van der Waals surface area contributed by atoms with Crippen molar-refractivity contribution < 1.29 is 28.8 Å². The highest BCUT2D eigenvalue weighted by Gasteiger charge is 2.49. The second-order valence-corrected chi connectivity index (χ2v) is 19.8. The number of hydrogen-bond donors (Lipinski definition) is 4. The molecule has 0 unspecified atom stereocenters. The van der Waals surface area contributed by atoms with Crippen molar-refractivity contribution in [2.24, 2.45) is 5.41 Å². The molecule has 6 aliphatic rings. The van der Waals surface area contributed by atoms with E-state index in [0.717, 1.165) is 92.3 Å². The molecule has 0 bridgehead atoms. The molecule has 5 fully saturated rings. The van der Waals surface area contributed by atoms with E-state index < -0.39 is 29.7 Å². The van der Waals surface area contributed by atoms with Crippen LogP contribution in [0.5, 0.6) is 0 Å². The third-order valence-corrected chi connectivity index (χ3v) is 15.3. The number of rotatable bonds is 13. The van der Waals surface area contributed by atoms with Crippen molar-refractivity contribution in [3.63, 3.8) is 0 Å². The second-order valence-electron chi connectivity index (χ2n) is 19.8. The highest BCUT2D eigenvalue weighted by atomic mass is 16.2. The molecule has 5 aromatic rings. The minimum absolute atomic E-state index is 0.0372. The minimum atomic E-state index is -1.03. The Balaban J connectivity index is 0.604. The van der Waals surface area contributed by atoms with Crippen molar-refractivity contribution in [2.45, 2.75) is 88.4 Å². The van der Waals surface area contributed by atoms with Crippen LogP contribution in [-0.4, -0.2) is 127 Å². The lowest BCUT2D eigenvalue weighted by Gasteiger charge is -2.56. The quantitative estimate of drug-likeness (QED) is 0.122. The van der Waals surface area contributed by atoms with Crippen LogP contribution < -0.4 is 26.2 Å². The Bertz CT molecular complexity index is 2870. The van der Waals surface area contributed by atoms with Crippen molar-refractivity contribution >= 4 is 69.5 Å². The van der Waals surface area contributed by atoms with Crippen LogP contribution in [0.4, 0.5) is 22.9 Å². The Hall–Kier alpha value is -7.47. The number of imidazole rings is 1. The average molecular weight is 945 g/mol. The van der Waals surface area contributed by atoms with Gasteiger partial charge in [0.15, 0.2) is 17.0 Å². The Morgan fingerprint density at radius 1 is 0.757 bits per heavy atom. The van der Waals surface area contributed by atoms with Gasteiger partial charge in [-0.3, -0.25) is 43.9 Å². The van der Waals surface area contributed by atoms with Crippen molar-refractivity contribution in [1.29, 1.82) is 0 Å². The first-order valence-corrected chi connectivity index (χ1v) is 24.5. The number of imide groups is 2. The summed E-state index contributed by atoms with van der Waals surface area (Å²) in [6.45, 7) is 5.44. The van der Waals surface area contributed by atoms with Crippen LogP contribution in [0.1, 0.15) is 68.5 Å². The highest BCUT2D eigenvalue weighted by Crippen LogP contribution is 2.51. The number of fused-ring (bicyclic) bond motifs is 1. The molecule has 2 saturated carbocycles. The maximum absolute atomic E-state index is 13.5. The fourth-order valence-corrected chi connectivity index (χ4v) is 11.3. The molecule has 2 aliphatic carbocycles. The number of carbonyl (C=O) groups is 6. The molecule has 18 heteroatoms. The van der Waals surface area contributed by atoms with Crippen LogP contribution in [0.2, 0.25) is 0 Å². The van der Waals surface area contributed by atoms with Gasteiger partial charge in [-0.15, -0.1) is 0 Å². The topological polar surface area (TPSA) is 207 Å². The lowest BCUT2D eigenvalue weighted by atomic mass is 9.60. The normalized spacial score (nSPS) is 22.7. The molecule has 70 heavy (non-hydrogen) atoms. The number of carbonyl (C=O) groups excluding carboxylic acids is 6. The standard InChI is InChI=1S/C52H56N12O6/c65-43-14-13-42(50(69)59-43)64-46(68)28-41(51(64)70)56-36-8-4-7-34(23-36)25-45(67)62-17-15-52(16-18-62)29-40(30-52)61-21-19-60(20-22-61)38-11-9-35(10-12-38)58-48-47-49(54-31-53-48)63(32-55-47)39-26-37(27-39)57-44(66)24-33-5-2-1-3-6-33/h1-12,23,28,31-32,37,39-40,42,56H,13-22,24-27,29-30H2,(H,57,66)(H,53,54,58)(H,59,65,69)/t37?,39?,42-/m0/s1. The van der Waals surface area contributed by atoms with Gasteiger partial charge in [0.05, 0.1) is 19.2 Å². The molecule has 360 valence electrons. The van der Waals surface area contributed by atoms with Gasteiger partial charge in [-0.05, 0) is 97.9 Å². The highest BCUT2D eigenvalue weighted by molar-refractivity contribution is 6.20. The van der Waals surface area contributed by atoms with E-state index in [1.165, 1.54) is 24.6 Å². The lowest BCUT2D eigenvalue weighted by Crippen LogP contribution is -2.59. The van der Waals surface area contributed by atoms with Gasteiger partial charge in [0.1, 0.15) is 18.1 Å². The van der Waals surface area contributed by atoms with Crippen molar-refractivity contribution in [3.05, 3.63) is 114 Å². The zero-order valence-corrected chi connectivity index (χ0v) is 38.9. The predicted octanol–water partition coefficient (Wildman–Crippen LogP) is 4.24. The number of nitrogens with zero attached hydrogens (tertiary/aromatic N) is 8. The summed E-state index contributed by atoms with van der Waals surface area (Å²) in [5, 5.41) is 11.8. The van der Waals surface area contributed by atoms with Crippen LogP contribution in [0.25, 0.3) is 11.2 Å². The summed E-state index contributed by atoms with van der Waals surface area (Å²) in [7, 11) is 0. The Labute approximate surface area is 404 Å². The molecular formula is C52H56N12O6. The molecule has 1 atom stereocenters. The van der Waals surface area contributed by atoms with Gasteiger partial charge in [-0.25, -0.2) is 15.0 Å².